The Bertz CT molecular complexity index is 859. The second-order valence-electron chi connectivity index (χ2n) is 5.29. The fraction of sp³-hybridized carbons (Fsp3) is 0.235. The maximum Gasteiger partial charge on any atom is 0.273 e. The van der Waals surface area contributed by atoms with E-state index < -0.39 is 18.6 Å². The van der Waals surface area contributed by atoms with Crippen molar-refractivity contribution in [1.29, 1.82) is 0 Å². The van der Waals surface area contributed by atoms with Gasteiger partial charge in [-0.25, -0.2) is 4.98 Å². The van der Waals surface area contributed by atoms with Gasteiger partial charge in [-0.2, -0.15) is 0 Å². The van der Waals surface area contributed by atoms with Gasteiger partial charge in [-0.1, -0.05) is 18.2 Å². The fourth-order valence-electron chi connectivity index (χ4n) is 2.18. The summed E-state index contributed by atoms with van der Waals surface area (Å²) in [7, 11) is 0. The number of para-hydroxylation sites is 1. The van der Waals surface area contributed by atoms with Gasteiger partial charge in [0.1, 0.15) is 17.5 Å². The third kappa shape index (κ3) is 4.11. The number of carbonyl (C=O) groups excluding carboxylic acids is 1. The zero-order chi connectivity index (χ0) is 17.6. The summed E-state index contributed by atoms with van der Waals surface area (Å²) in [5, 5.41) is 21.3. The number of ether oxygens (including phenoxy) is 1. The van der Waals surface area contributed by atoms with Crippen molar-refractivity contribution in [2.24, 2.45) is 0 Å². The first-order valence-corrected chi connectivity index (χ1v) is 7.65. The van der Waals surface area contributed by atoms with E-state index in [1.807, 2.05) is 24.3 Å². The molecule has 0 spiro atoms. The molecule has 0 aliphatic carbocycles. The molecule has 2 heterocycles. The van der Waals surface area contributed by atoms with Crippen LogP contribution >= 0.6 is 0 Å². The molecule has 8 nitrogen and oxygen atoms in total. The van der Waals surface area contributed by atoms with E-state index in [1.165, 1.54) is 6.26 Å². The summed E-state index contributed by atoms with van der Waals surface area (Å²) in [5.41, 5.74) is 0.798. The summed E-state index contributed by atoms with van der Waals surface area (Å²) < 4.78 is 10.9. The maximum absolute atomic E-state index is 11.9. The highest BCUT2D eigenvalue weighted by Crippen LogP contribution is 2.23. The van der Waals surface area contributed by atoms with Gasteiger partial charge in [-0.3, -0.25) is 9.78 Å². The molecule has 1 aromatic carbocycles. The highest BCUT2D eigenvalue weighted by molar-refractivity contribution is 5.91. The van der Waals surface area contributed by atoms with Crippen LogP contribution in [0.4, 0.5) is 0 Å². The van der Waals surface area contributed by atoms with Gasteiger partial charge in [0.25, 0.3) is 5.91 Å². The van der Waals surface area contributed by atoms with Crippen molar-refractivity contribution in [2.75, 3.05) is 13.2 Å². The summed E-state index contributed by atoms with van der Waals surface area (Å²) >= 11 is 0. The molecule has 0 saturated carbocycles. The first-order chi connectivity index (χ1) is 12.2. The van der Waals surface area contributed by atoms with E-state index in [9.17, 15) is 9.90 Å². The minimum absolute atomic E-state index is 0.0439. The number of aromatic nitrogens is 2. The summed E-state index contributed by atoms with van der Waals surface area (Å²) in [6, 6.07) is 9.37. The number of rotatable bonds is 7. The van der Waals surface area contributed by atoms with Gasteiger partial charge in [0, 0.05) is 18.1 Å². The van der Waals surface area contributed by atoms with Crippen molar-refractivity contribution >= 4 is 16.8 Å². The fourth-order valence-corrected chi connectivity index (χ4v) is 2.18. The number of benzene rings is 1. The van der Waals surface area contributed by atoms with E-state index in [0.29, 0.717) is 5.75 Å². The SMILES string of the molecule is O=C(NC[C@H](O)CO)c1coc(COc2cccc3cccnc23)n1. The number of oxazole rings is 1. The van der Waals surface area contributed by atoms with Crippen LogP contribution in [0, 0.1) is 0 Å². The molecular formula is C17H17N3O5. The van der Waals surface area contributed by atoms with Crippen molar-refractivity contribution in [3.05, 3.63) is 54.4 Å². The molecular weight excluding hydrogens is 326 g/mol. The Labute approximate surface area is 143 Å². The Morgan fingerprint density at radius 2 is 2.16 bits per heavy atom. The van der Waals surface area contributed by atoms with Crippen LogP contribution in [-0.4, -0.2) is 45.3 Å². The van der Waals surface area contributed by atoms with Gasteiger partial charge in [-0.15, -0.1) is 0 Å². The first kappa shape index (κ1) is 16.9. The van der Waals surface area contributed by atoms with Crippen molar-refractivity contribution < 1.29 is 24.2 Å². The van der Waals surface area contributed by atoms with E-state index >= 15 is 0 Å². The molecule has 1 atom stereocenters. The maximum atomic E-state index is 11.9. The average Bonchev–Trinajstić information content (AvgIpc) is 3.13. The van der Waals surface area contributed by atoms with Crippen LogP contribution in [0.25, 0.3) is 10.9 Å². The van der Waals surface area contributed by atoms with Crippen LogP contribution in [0.15, 0.2) is 47.2 Å². The summed E-state index contributed by atoms with van der Waals surface area (Å²) in [6.45, 7) is -0.463. The molecule has 0 aliphatic rings. The minimum Gasteiger partial charge on any atom is -0.482 e. The lowest BCUT2D eigenvalue weighted by Gasteiger charge is -2.07. The quantitative estimate of drug-likeness (QED) is 0.583. The number of hydrogen-bond acceptors (Lipinski definition) is 7. The number of nitrogens with one attached hydrogen (secondary N) is 1. The van der Waals surface area contributed by atoms with Gasteiger partial charge in [0.05, 0.1) is 12.7 Å². The minimum atomic E-state index is -1.02. The second-order valence-corrected chi connectivity index (χ2v) is 5.29. The molecule has 0 unspecified atom stereocenters. The molecule has 3 aromatic rings. The molecule has 0 fully saturated rings. The average molecular weight is 343 g/mol. The molecule has 3 rings (SSSR count). The predicted molar refractivity (Wildman–Crippen MR) is 88.0 cm³/mol. The van der Waals surface area contributed by atoms with Gasteiger partial charge in [0.2, 0.25) is 5.89 Å². The standard InChI is InChI=1S/C17H17N3O5/c21-8-12(22)7-19-17(23)13-9-25-15(20-13)10-24-14-5-1-3-11-4-2-6-18-16(11)14/h1-6,9,12,21-22H,7-8,10H2,(H,19,23)/t12-/m0/s1. The molecule has 2 aromatic heterocycles. The number of carbonyl (C=O) groups is 1. The molecule has 0 radical (unpaired) electrons. The normalized spacial score (nSPS) is 12.1. The molecule has 8 heteroatoms. The monoisotopic (exact) mass is 343 g/mol. The first-order valence-electron chi connectivity index (χ1n) is 7.65. The van der Waals surface area contributed by atoms with Gasteiger partial charge in [0.15, 0.2) is 12.3 Å². The number of aliphatic hydroxyl groups is 2. The Kier molecular flexibility index (Phi) is 5.22. The largest absolute Gasteiger partial charge is 0.482 e. The number of nitrogens with zero attached hydrogens (tertiary/aromatic N) is 2. The van der Waals surface area contributed by atoms with Gasteiger partial charge in [-0.05, 0) is 12.1 Å². The lowest BCUT2D eigenvalue weighted by Crippen LogP contribution is -2.34. The second kappa shape index (κ2) is 7.73. The number of hydrogen-bond donors (Lipinski definition) is 3. The van der Waals surface area contributed by atoms with Crippen LogP contribution < -0.4 is 10.1 Å². The highest BCUT2D eigenvalue weighted by Gasteiger charge is 2.14. The Morgan fingerprint density at radius 3 is 3.00 bits per heavy atom. The molecule has 25 heavy (non-hydrogen) atoms. The van der Waals surface area contributed by atoms with Crippen LogP contribution in [0.5, 0.6) is 5.75 Å². The molecule has 0 aliphatic heterocycles. The van der Waals surface area contributed by atoms with E-state index in [2.05, 4.69) is 15.3 Å². The van der Waals surface area contributed by atoms with Gasteiger partial charge >= 0.3 is 0 Å². The summed E-state index contributed by atoms with van der Waals surface area (Å²) in [5.74, 6) is 0.323. The number of amides is 1. The zero-order valence-corrected chi connectivity index (χ0v) is 13.3. The topological polar surface area (TPSA) is 118 Å². The van der Waals surface area contributed by atoms with Gasteiger partial charge < -0.3 is 24.7 Å². The third-order valence-corrected chi connectivity index (χ3v) is 3.44. The highest BCUT2D eigenvalue weighted by atomic mass is 16.5. The van der Waals surface area contributed by atoms with Crippen molar-refractivity contribution in [3.8, 4) is 5.75 Å². The van der Waals surface area contributed by atoms with E-state index in [0.717, 1.165) is 10.9 Å². The third-order valence-electron chi connectivity index (χ3n) is 3.44. The molecule has 1 amide bonds. The molecule has 0 bridgehead atoms. The predicted octanol–water partition coefficient (Wildman–Crippen LogP) is 0.885. The van der Waals surface area contributed by atoms with Crippen LogP contribution in [0.3, 0.4) is 0 Å². The van der Waals surface area contributed by atoms with E-state index in [4.69, 9.17) is 14.3 Å². The molecule has 0 saturated heterocycles. The van der Waals surface area contributed by atoms with Crippen molar-refractivity contribution in [2.45, 2.75) is 12.7 Å². The zero-order valence-electron chi connectivity index (χ0n) is 13.3. The Hall–Kier alpha value is -2.97. The van der Waals surface area contributed by atoms with E-state index in [1.54, 1.807) is 12.3 Å². The van der Waals surface area contributed by atoms with E-state index in [-0.39, 0.29) is 24.7 Å². The van der Waals surface area contributed by atoms with Crippen molar-refractivity contribution in [1.82, 2.24) is 15.3 Å². The van der Waals surface area contributed by atoms with Crippen LogP contribution in [0.1, 0.15) is 16.4 Å². The lowest BCUT2D eigenvalue weighted by molar-refractivity contribution is 0.0798. The Balaban J connectivity index is 1.62. The summed E-state index contributed by atoms with van der Waals surface area (Å²) in [4.78, 5) is 20.2. The Morgan fingerprint density at radius 1 is 1.32 bits per heavy atom. The smallest absolute Gasteiger partial charge is 0.273 e. The molecule has 130 valence electrons. The lowest BCUT2D eigenvalue weighted by atomic mass is 10.2. The number of aliphatic hydroxyl groups excluding tert-OH is 2. The van der Waals surface area contributed by atoms with Crippen LogP contribution in [0.2, 0.25) is 0 Å². The van der Waals surface area contributed by atoms with Crippen LogP contribution in [-0.2, 0) is 6.61 Å². The molecule has 3 N–H and O–H groups in total. The summed E-state index contributed by atoms with van der Waals surface area (Å²) in [6.07, 6.45) is 1.88. The number of fused-ring (bicyclic) bond motifs is 1. The number of pyridine rings is 1. The van der Waals surface area contributed by atoms with Crippen molar-refractivity contribution in [3.63, 3.8) is 0 Å².